The molecule has 0 N–H and O–H groups in total. The first-order chi connectivity index (χ1) is 13.7. The van der Waals surface area contributed by atoms with Crippen molar-refractivity contribution in [2.45, 2.75) is 24.1 Å². The SMILES string of the molecule is Fc1cccc(-c2nc(C(S)c3nnc(-c4ccncc4)n3C3CC3)no2)c1. The summed E-state index contributed by atoms with van der Waals surface area (Å²) in [6.45, 7) is 0. The molecule has 1 aliphatic carbocycles. The standard InChI is InChI=1S/C19H15FN6OS/c20-13-3-1-2-12(10-13)19-22-16(25-27-19)15(28)18-24-23-17(26(18)14-4-5-14)11-6-8-21-9-7-11/h1-3,6-10,14-15,28H,4-5H2. The van der Waals surface area contributed by atoms with Crippen molar-refractivity contribution < 1.29 is 8.91 Å². The van der Waals surface area contributed by atoms with E-state index in [1.54, 1.807) is 24.5 Å². The van der Waals surface area contributed by atoms with Gasteiger partial charge in [0.05, 0.1) is 0 Å². The van der Waals surface area contributed by atoms with Crippen LogP contribution in [0.15, 0.2) is 53.3 Å². The van der Waals surface area contributed by atoms with Gasteiger partial charge in [-0.15, -0.1) is 10.2 Å². The lowest BCUT2D eigenvalue weighted by atomic mass is 10.2. The minimum atomic E-state index is -0.519. The predicted octanol–water partition coefficient (Wildman–Crippen LogP) is 3.88. The van der Waals surface area contributed by atoms with Gasteiger partial charge in [0.15, 0.2) is 17.5 Å². The molecular weight excluding hydrogens is 379 g/mol. The summed E-state index contributed by atoms with van der Waals surface area (Å²) in [6.07, 6.45) is 5.57. The molecule has 0 amide bonds. The zero-order chi connectivity index (χ0) is 19.1. The van der Waals surface area contributed by atoms with Crippen molar-refractivity contribution in [1.29, 1.82) is 0 Å². The monoisotopic (exact) mass is 394 g/mol. The maximum Gasteiger partial charge on any atom is 0.258 e. The zero-order valence-electron chi connectivity index (χ0n) is 14.6. The lowest BCUT2D eigenvalue weighted by molar-refractivity contribution is 0.422. The number of halogens is 1. The average molecular weight is 394 g/mol. The Balaban J connectivity index is 1.51. The number of pyridine rings is 1. The summed E-state index contributed by atoms with van der Waals surface area (Å²) in [7, 11) is 0. The Morgan fingerprint density at radius 1 is 1.11 bits per heavy atom. The van der Waals surface area contributed by atoms with Crippen molar-refractivity contribution in [1.82, 2.24) is 29.9 Å². The molecule has 7 nitrogen and oxygen atoms in total. The molecule has 1 aliphatic rings. The van der Waals surface area contributed by atoms with Gasteiger partial charge in [-0.25, -0.2) is 4.39 Å². The molecule has 0 saturated heterocycles. The Kier molecular flexibility index (Phi) is 4.16. The number of rotatable bonds is 5. The van der Waals surface area contributed by atoms with Gasteiger partial charge in [0.2, 0.25) is 0 Å². The fourth-order valence-corrected chi connectivity index (χ4v) is 3.36. The van der Waals surface area contributed by atoms with E-state index >= 15 is 0 Å². The summed E-state index contributed by atoms with van der Waals surface area (Å²) in [5.74, 6) is 1.66. The third kappa shape index (κ3) is 3.07. The minimum Gasteiger partial charge on any atom is -0.334 e. The van der Waals surface area contributed by atoms with Crippen LogP contribution in [0.25, 0.3) is 22.8 Å². The lowest BCUT2D eigenvalue weighted by Crippen LogP contribution is -2.08. The van der Waals surface area contributed by atoms with Crippen LogP contribution in [-0.2, 0) is 0 Å². The number of hydrogen-bond acceptors (Lipinski definition) is 7. The van der Waals surface area contributed by atoms with Crippen LogP contribution >= 0.6 is 12.6 Å². The number of benzene rings is 1. The van der Waals surface area contributed by atoms with Crippen LogP contribution in [0.1, 0.15) is 35.8 Å². The smallest absolute Gasteiger partial charge is 0.258 e. The molecule has 1 saturated carbocycles. The van der Waals surface area contributed by atoms with E-state index in [-0.39, 0.29) is 11.7 Å². The molecule has 5 rings (SSSR count). The van der Waals surface area contributed by atoms with E-state index in [4.69, 9.17) is 4.52 Å². The molecule has 0 bridgehead atoms. The van der Waals surface area contributed by atoms with Gasteiger partial charge in [-0.2, -0.15) is 17.6 Å². The van der Waals surface area contributed by atoms with Crippen LogP contribution in [0.4, 0.5) is 4.39 Å². The highest BCUT2D eigenvalue weighted by Crippen LogP contribution is 2.41. The summed E-state index contributed by atoms with van der Waals surface area (Å²) >= 11 is 4.68. The van der Waals surface area contributed by atoms with Gasteiger partial charge < -0.3 is 9.09 Å². The van der Waals surface area contributed by atoms with Crippen molar-refractivity contribution in [3.05, 3.63) is 66.3 Å². The van der Waals surface area contributed by atoms with Crippen LogP contribution in [0.3, 0.4) is 0 Å². The third-order valence-electron chi connectivity index (χ3n) is 4.58. The molecule has 3 heterocycles. The Bertz CT molecular complexity index is 1120. The molecule has 140 valence electrons. The Morgan fingerprint density at radius 3 is 2.68 bits per heavy atom. The third-order valence-corrected chi connectivity index (χ3v) is 5.04. The molecule has 1 fully saturated rings. The van der Waals surface area contributed by atoms with Crippen molar-refractivity contribution in [2.75, 3.05) is 0 Å². The van der Waals surface area contributed by atoms with Crippen LogP contribution < -0.4 is 0 Å². The van der Waals surface area contributed by atoms with E-state index < -0.39 is 5.25 Å². The van der Waals surface area contributed by atoms with Crippen molar-refractivity contribution in [3.8, 4) is 22.8 Å². The molecule has 1 aromatic carbocycles. The summed E-state index contributed by atoms with van der Waals surface area (Å²) in [4.78, 5) is 8.45. The van der Waals surface area contributed by atoms with Gasteiger partial charge in [0.25, 0.3) is 5.89 Å². The zero-order valence-corrected chi connectivity index (χ0v) is 15.5. The first-order valence-electron chi connectivity index (χ1n) is 8.83. The maximum absolute atomic E-state index is 13.5. The fraction of sp³-hybridized carbons (Fsp3) is 0.211. The van der Waals surface area contributed by atoms with Gasteiger partial charge in [0, 0.05) is 29.6 Å². The Hall–Kier alpha value is -3.07. The Labute approximate surface area is 165 Å². The summed E-state index contributed by atoms with van der Waals surface area (Å²) < 4.78 is 20.9. The molecule has 1 atom stereocenters. The molecule has 0 radical (unpaired) electrons. The second kappa shape index (κ2) is 6.83. The number of hydrogen-bond donors (Lipinski definition) is 1. The Morgan fingerprint density at radius 2 is 1.93 bits per heavy atom. The highest BCUT2D eigenvalue weighted by atomic mass is 32.1. The first-order valence-corrected chi connectivity index (χ1v) is 9.35. The van der Waals surface area contributed by atoms with E-state index in [0.717, 1.165) is 24.2 Å². The number of thiol groups is 1. The van der Waals surface area contributed by atoms with Gasteiger partial charge in [-0.3, -0.25) is 4.98 Å². The highest BCUT2D eigenvalue weighted by Gasteiger charge is 2.33. The van der Waals surface area contributed by atoms with Gasteiger partial charge in [-0.05, 0) is 43.2 Å². The predicted molar refractivity (Wildman–Crippen MR) is 102 cm³/mol. The highest BCUT2D eigenvalue weighted by molar-refractivity contribution is 7.80. The van der Waals surface area contributed by atoms with Crippen LogP contribution in [0.5, 0.6) is 0 Å². The van der Waals surface area contributed by atoms with Crippen LogP contribution in [-0.4, -0.2) is 29.9 Å². The van der Waals surface area contributed by atoms with E-state index in [0.29, 0.717) is 23.3 Å². The van der Waals surface area contributed by atoms with E-state index in [2.05, 4.69) is 42.5 Å². The first kappa shape index (κ1) is 17.1. The largest absolute Gasteiger partial charge is 0.334 e. The second-order valence-corrected chi connectivity index (χ2v) is 7.11. The maximum atomic E-state index is 13.5. The molecular formula is C19H15FN6OS. The lowest BCUT2D eigenvalue weighted by Gasteiger charge is -2.11. The number of aromatic nitrogens is 6. The number of nitrogens with zero attached hydrogens (tertiary/aromatic N) is 6. The fourth-order valence-electron chi connectivity index (χ4n) is 3.08. The summed E-state index contributed by atoms with van der Waals surface area (Å²) in [6, 6.07) is 10.1. The normalized spacial score (nSPS) is 14.9. The quantitative estimate of drug-likeness (QED) is 0.517. The van der Waals surface area contributed by atoms with Crippen molar-refractivity contribution in [3.63, 3.8) is 0 Å². The molecule has 28 heavy (non-hydrogen) atoms. The molecule has 0 aliphatic heterocycles. The second-order valence-electron chi connectivity index (χ2n) is 6.59. The summed E-state index contributed by atoms with van der Waals surface area (Å²) in [5.41, 5.74) is 1.45. The molecule has 4 aromatic rings. The average Bonchev–Trinajstić information content (AvgIpc) is 3.27. The van der Waals surface area contributed by atoms with E-state index in [1.807, 2.05) is 12.1 Å². The van der Waals surface area contributed by atoms with Gasteiger partial charge in [0.1, 0.15) is 11.1 Å². The van der Waals surface area contributed by atoms with Crippen LogP contribution in [0, 0.1) is 5.82 Å². The molecule has 3 aromatic heterocycles. The van der Waals surface area contributed by atoms with Gasteiger partial charge >= 0.3 is 0 Å². The van der Waals surface area contributed by atoms with E-state index in [9.17, 15) is 4.39 Å². The topological polar surface area (TPSA) is 82.5 Å². The molecule has 9 heteroatoms. The minimum absolute atomic E-state index is 0.236. The van der Waals surface area contributed by atoms with Gasteiger partial charge in [-0.1, -0.05) is 11.2 Å². The molecule has 1 unspecified atom stereocenters. The van der Waals surface area contributed by atoms with E-state index in [1.165, 1.54) is 12.1 Å². The molecule has 0 spiro atoms. The van der Waals surface area contributed by atoms with Crippen molar-refractivity contribution in [2.24, 2.45) is 0 Å². The van der Waals surface area contributed by atoms with Crippen molar-refractivity contribution >= 4 is 12.6 Å². The van der Waals surface area contributed by atoms with Crippen LogP contribution in [0.2, 0.25) is 0 Å². The summed E-state index contributed by atoms with van der Waals surface area (Å²) in [5, 5.41) is 12.2.